The van der Waals surface area contributed by atoms with Crippen LogP contribution in [0.5, 0.6) is 0 Å². The molecule has 0 bridgehead atoms. The number of aromatic nitrogens is 2. The van der Waals surface area contributed by atoms with Gasteiger partial charge >= 0.3 is 0 Å². The number of likely N-dealkylation sites (N-methyl/N-ethyl adjacent to an activating group) is 1. The highest BCUT2D eigenvalue weighted by Gasteiger charge is 2.15. The minimum absolute atomic E-state index is 0.329. The lowest BCUT2D eigenvalue weighted by Crippen LogP contribution is -2.21. The van der Waals surface area contributed by atoms with E-state index in [4.69, 9.17) is 0 Å². The Morgan fingerprint density at radius 3 is 2.47 bits per heavy atom. The molecule has 102 valence electrons. The minimum Gasteiger partial charge on any atom is -0.313 e. The van der Waals surface area contributed by atoms with Gasteiger partial charge in [-0.3, -0.25) is 4.68 Å². The molecule has 0 aliphatic heterocycles. The maximum atomic E-state index is 4.42. The van der Waals surface area contributed by atoms with Crippen molar-refractivity contribution in [2.45, 2.75) is 33.2 Å². The summed E-state index contributed by atoms with van der Waals surface area (Å²) >= 11 is 0. The monoisotopic (exact) mass is 257 g/mol. The molecule has 2 aromatic rings. The van der Waals surface area contributed by atoms with Crippen LogP contribution in [0.4, 0.5) is 0 Å². The summed E-state index contributed by atoms with van der Waals surface area (Å²) in [5.74, 6) is 0. The lowest BCUT2D eigenvalue weighted by molar-refractivity contribution is 0.559. The molecule has 0 spiro atoms. The molecule has 1 heterocycles. The van der Waals surface area contributed by atoms with E-state index >= 15 is 0 Å². The van der Waals surface area contributed by atoms with Gasteiger partial charge in [0.25, 0.3) is 0 Å². The van der Waals surface area contributed by atoms with Crippen molar-refractivity contribution in [3.05, 3.63) is 52.3 Å². The van der Waals surface area contributed by atoms with Crippen molar-refractivity contribution in [2.75, 3.05) is 7.05 Å². The van der Waals surface area contributed by atoms with E-state index in [0.717, 1.165) is 12.1 Å². The maximum Gasteiger partial charge on any atom is 0.0596 e. The highest BCUT2D eigenvalue weighted by Crippen LogP contribution is 2.22. The number of nitrogens with zero attached hydrogens (tertiary/aromatic N) is 2. The van der Waals surface area contributed by atoms with Gasteiger partial charge in [-0.15, -0.1) is 0 Å². The van der Waals surface area contributed by atoms with E-state index in [0.29, 0.717) is 6.04 Å². The molecule has 0 radical (unpaired) electrons. The van der Waals surface area contributed by atoms with Gasteiger partial charge in [-0.1, -0.05) is 23.8 Å². The predicted molar refractivity (Wildman–Crippen MR) is 79.4 cm³/mol. The number of aryl methyl sites for hydroxylation is 4. The zero-order valence-corrected chi connectivity index (χ0v) is 12.5. The Kier molecular flexibility index (Phi) is 4.05. The Morgan fingerprint density at radius 1 is 1.21 bits per heavy atom. The molecule has 0 aliphatic carbocycles. The number of hydrogen-bond donors (Lipinski definition) is 1. The third-order valence-corrected chi connectivity index (χ3v) is 3.66. The highest BCUT2D eigenvalue weighted by molar-refractivity contribution is 5.33. The summed E-state index contributed by atoms with van der Waals surface area (Å²) in [4.78, 5) is 0. The van der Waals surface area contributed by atoms with E-state index in [9.17, 15) is 0 Å². The van der Waals surface area contributed by atoms with Crippen molar-refractivity contribution in [3.8, 4) is 0 Å². The first-order valence-electron chi connectivity index (χ1n) is 6.75. The van der Waals surface area contributed by atoms with Crippen LogP contribution in [0, 0.1) is 20.8 Å². The van der Waals surface area contributed by atoms with Crippen LogP contribution >= 0.6 is 0 Å². The highest BCUT2D eigenvalue weighted by atomic mass is 15.3. The van der Waals surface area contributed by atoms with Gasteiger partial charge in [0.15, 0.2) is 0 Å². The smallest absolute Gasteiger partial charge is 0.0596 e. The molecule has 3 heteroatoms. The van der Waals surface area contributed by atoms with Crippen molar-refractivity contribution in [3.63, 3.8) is 0 Å². The van der Waals surface area contributed by atoms with Gasteiger partial charge in [-0.2, -0.15) is 5.10 Å². The summed E-state index contributed by atoms with van der Waals surface area (Å²) < 4.78 is 1.98. The van der Waals surface area contributed by atoms with E-state index < -0.39 is 0 Å². The first-order chi connectivity index (χ1) is 9.01. The normalized spacial score (nSPS) is 12.7. The molecular weight excluding hydrogens is 234 g/mol. The summed E-state index contributed by atoms with van der Waals surface area (Å²) in [6.45, 7) is 6.35. The summed E-state index contributed by atoms with van der Waals surface area (Å²) in [5.41, 5.74) is 6.36. The van der Waals surface area contributed by atoms with Gasteiger partial charge in [0.05, 0.1) is 5.69 Å². The van der Waals surface area contributed by atoms with Gasteiger partial charge in [-0.05, 0) is 45.0 Å². The molecule has 1 aromatic carbocycles. The van der Waals surface area contributed by atoms with E-state index in [-0.39, 0.29) is 0 Å². The second-order valence-electron chi connectivity index (χ2n) is 5.31. The summed E-state index contributed by atoms with van der Waals surface area (Å²) in [7, 11) is 4.03. The molecule has 3 nitrogen and oxygen atoms in total. The number of benzene rings is 1. The lowest BCUT2D eigenvalue weighted by Gasteiger charge is -2.19. The van der Waals surface area contributed by atoms with Crippen LogP contribution in [0.3, 0.4) is 0 Å². The second kappa shape index (κ2) is 5.57. The lowest BCUT2D eigenvalue weighted by atomic mass is 9.96. The first kappa shape index (κ1) is 13.8. The number of rotatable bonds is 4. The van der Waals surface area contributed by atoms with Crippen molar-refractivity contribution in [1.29, 1.82) is 0 Å². The molecule has 1 N–H and O–H groups in total. The molecule has 1 atom stereocenters. The standard InChI is InChI=1S/C16H23N3/c1-11-6-7-15(12(2)8-11)16(17-4)10-14-9-13(3)18-19(14)5/h6-9,16-17H,10H2,1-5H3. The molecule has 0 saturated carbocycles. The average molecular weight is 257 g/mol. The molecule has 2 rings (SSSR count). The van der Waals surface area contributed by atoms with E-state index in [1.807, 2.05) is 25.7 Å². The Hall–Kier alpha value is -1.61. The van der Waals surface area contributed by atoms with Crippen LogP contribution in [0.1, 0.15) is 34.1 Å². The fraction of sp³-hybridized carbons (Fsp3) is 0.438. The molecule has 19 heavy (non-hydrogen) atoms. The fourth-order valence-electron chi connectivity index (χ4n) is 2.65. The zero-order valence-electron chi connectivity index (χ0n) is 12.5. The van der Waals surface area contributed by atoms with Crippen molar-refractivity contribution >= 4 is 0 Å². The van der Waals surface area contributed by atoms with Gasteiger partial charge < -0.3 is 5.32 Å². The van der Waals surface area contributed by atoms with Crippen LogP contribution in [-0.4, -0.2) is 16.8 Å². The van der Waals surface area contributed by atoms with Crippen LogP contribution in [0.25, 0.3) is 0 Å². The van der Waals surface area contributed by atoms with Gasteiger partial charge in [-0.25, -0.2) is 0 Å². The average Bonchev–Trinajstić information content (AvgIpc) is 2.65. The van der Waals surface area contributed by atoms with E-state index in [1.54, 1.807) is 0 Å². The molecule has 1 aromatic heterocycles. The fourth-order valence-corrected chi connectivity index (χ4v) is 2.65. The Labute approximate surface area is 115 Å². The minimum atomic E-state index is 0.329. The first-order valence-corrected chi connectivity index (χ1v) is 6.75. The topological polar surface area (TPSA) is 29.9 Å². The second-order valence-corrected chi connectivity index (χ2v) is 5.31. The SMILES string of the molecule is CNC(Cc1cc(C)nn1C)c1ccc(C)cc1C. The molecule has 0 amide bonds. The number of nitrogens with one attached hydrogen (secondary N) is 1. The van der Waals surface area contributed by atoms with Crippen LogP contribution in [0.2, 0.25) is 0 Å². The molecule has 1 unspecified atom stereocenters. The van der Waals surface area contributed by atoms with Crippen molar-refractivity contribution < 1.29 is 0 Å². The quantitative estimate of drug-likeness (QED) is 0.912. The predicted octanol–water partition coefficient (Wildman–Crippen LogP) is 2.85. The van der Waals surface area contributed by atoms with Crippen LogP contribution in [0.15, 0.2) is 24.3 Å². The Morgan fingerprint density at radius 2 is 1.95 bits per heavy atom. The van der Waals surface area contributed by atoms with Crippen LogP contribution < -0.4 is 5.32 Å². The number of hydrogen-bond acceptors (Lipinski definition) is 2. The molecule has 0 aliphatic rings. The molecule has 0 fully saturated rings. The van der Waals surface area contributed by atoms with Gasteiger partial charge in [0, 0.05) is 25.2 Å². The third-order valence-electron chi connectivity index (χ3n) is 3.66. The Bertz CT molecular complexity index is 569. The van der Waals surface area contributed by atoms with Crippen molar-refractivity contribution in [2.24, 2.45) is 7.05 Å². The molecular formula is C16H23N3. The van der Waals surface area contributed by atoms with Crippen LogP contribution in [-0.2, 0) is 13.5 Å². The van der Waals surface area contributed by atoms with Gasteiger partial charge in [0.1, 0.15) is 0 Å². The summed E-state index contributed by atoms with van der Waals surface area (Å²) in [5, 5.41) is 7.84. The zero-order chi connectivity index (χ0) is 14.0. The summed E-state index contributed by atoms with van der Waals surface area (Å²) in [6, 6.07) is 9.15. The maximum absolute atomic E-state index is 4.42. The van der Waals surface area contributed by atoms with Crippen molar-refractivity contribution in [1.82, 2.24) is 15.1 Å². The largest absolute Gasteiger partial charge is 0.313 e. The third kappa shape index (κ3) is 3.04. The molecule has 0 saturated heterocycles. The summed E-state index contributed by atoms with van der Waals surface area (Å²) in [6.07, 6.45) is 0.956. The van der Waals surface area contributed by atoms with E-state index in [2.05, 4.69) is 48.5 Å². The van der Waals surface area contributed by atoms with Gasteiger partial charge in [0.2, 0.25) is 0 Å². The van der Waals surface area contributed by atoms with E-state index in [1.165, 1.54) is 22.4 Å². The Balaban J connectivity index is 2.27.